The molecule has 0 bridgehead atoms. The molecule has 1 rings (SSSR count). The molecule has 0 atom stereocenters. The standard InChI is InChI=1S/C13H24N2S/c1-9(2)6-10-11(8-14)16-12(15-10)7-13(3,4)5/h9H,6-8,14H2,1-5H3. The number of nitrogens with zero attached hydrogens (tertiary/aromatic N) is 1. The average Bonchev–Trinajstić information content (AvgIpc) is 2.42. The van der Waals surface area contributed by atoms with Gasteiger partial charge in [0.1, 0.15) is 0 Å². The minimum Gasteiger partial charge on any atom is -0.326 e. The van der Waals surface area contributed by atoms with Crippen LogP contribution in [0.25, 0.3) is 0 Å². The maximum atomic E-state index is 5.77. The summed E-state index contributed by atoms with van der Waals surface area (Å²) < 4.78 is 0. The second kappa shape index (κ2) is 5.28. The normalized spacial score (nSPS) is 12.4. The third-order valence-corrected chi connectivity index (χ3v) is 3.41. The zero-order valence-electron chi connectivity index (χ0n) is 11.1. The first-order chi connectivity index (χ1) is 7.31. The van der Waals surface area contributed by atoms with Crippen molar-refractivity contribution in [1.29, 1.82) is 0 Å². The number of thiazole rings is 1. The van der Waals surface area contributed by atoms with Crippen LogP contribution in [0.15, 0.2) is 0 Å². The van der Waals surface area contributed by atoms with Crippen molar-refractivity contribution in [2.45, 2.75) is 54.0 Å². The lowest BCUT2D eigenvalue weighted by Gasteiger charge is -2.15. The summed E-state index contributed by atoms with van der Waals surface area (Å²) in [6.07, 6.45) is 2.09. The smallest absolute Gasteiger partial charge is 0.0936 e. The molecule has 3 heteroatoms. The molecule has 0 saturated carbocycles. The maximum Gasteiger partial charge on any atom is 0.0936 e. The van der Waals surface area contributed by atoms with Gasteiger partial charge in [-0.1, -0.05) is 34.6 Å². The molecule has 2 nitrogen and oxygen atoms in total. The third kappa shape index (κ3) is 4.22. The van der Waals surface area contributed by atoms with Crippen molar-refractivity contribution in [3.05, 3.63) is 15.6 Å². The van der Waals surface area contributed by atoms with Crippen LogP contribution in [-0.4, -0.2) is 4.98 Å². The highest BCUT2D eigenvalue weighted by atomic mass is 32.1. The minimum atomic E-state index is 0.304. The summed E-state index contributed by atoms with van der Waals surface area (Å²) in [6.45, 7) is 11.8. The fourth-order valence-corrected chi connectivity index (χ4v) is 2.95. The predicted octanol–water partition coefficient (Wildman–Crippen LogP) is 3.39. The quantitative estimate of drug-likeness (QED) is 0.876. The SMILES string of the molecule is CC(C)Cc1nc(CC(C)(C)C)sc1CN. The molecule has 0 unspecified atom stereocenters. The summed E-state index contributed by atoms with van der Waals surface area (Å²) in [5, 5.41) is 1.24. The summed E-state index contributed by atoms with van der Waals surface area (Å²) >= 11 is 1.79. The minimum absolute atomic E-state index is 0.304. The highest BCUT2D eigenvalue weighted by Gasteiger charge is 2.17. The van der Waals surface area contributed by atoms with Crippen LogP contribution >= 0.6 is 11.3 Å². The van der Waals surface area contributed by atoms with Gasteiger partial charge in [0.05, 0.1) is 10.7 Å². The van der Waals surface area contributed by atoms with Gasteiger partial charge in [0, 0.05) is 17.8 Å². The monoisotopic (exact) mass is 240 g/mol. The fourth-order valence-electron chi connectivity index (χ4n) is 1.67. The van der Waals surface area contributed by atoms with Gasteiger partial charge in [0.2, 0.25) is 0 Å². The van der Waals surface area contributed by atoms with Crippen LogP contribution in [0.5, 0.6) is 0 Å². The van der Waals surface area contributed by atoms with Crippen LogP contribution in [0, 0.1) is 11.3 Å². The summed E-state index contributed by atoms with van der Waals surface area (Å²) in [7, 11) is 0. The van der Waals surface area contributed by atoms with Gasteiger partial charge >= 0.3 is 0 Å². The molecule has 0 aromatic carbocycles. The Balaban J connectivity index is 2.85. The van der Waals surface area contributed by atoms with Gasteiger partial charge < -0.3 is 5.73 Å². The van der Waals surface area contributed by atoms with Crippen molar-refractivity contribution >= 4 is 11.3 Å². The third-order valence-electron chi connectivity index (χ3n) is 2.29. The van der Waals surface area contributed by atoms with E-state index in [1.807, 2.05) is 0 Å². The predicted molar refractivity (Wildman–Crippen MR) is 71.7 cm³/mol. The molecule has 1 heterocycles. The molecule has 0 aliphatic heterocycles. The van der Waals surface area contributed by atoms with Gasteiger partial charge in [-0.2, -0.15) is 0 Å². The summed E-state index contributed by atoms with van der Waals surface area (Å²) in [5.74, 6) is 0.648. The summed E-state index contributed by atoms with van der Waals surface area (Å²) in [4.78, 5) is 6.02. The molecule has 0 radical (unpaired) electrons. The summed E-state index contributed by atoms with van der Waals surface area (Å²) in [6, 6.07) is 0. The van der Waals surface area contributed by atoms with Crippen LogP contribution in [0.3, 0.4) is 0 Å². The highest BCUT2D eigenvalue weighted by molar-refractivity contribution is 7.11. The molecule has 0 saturated heterocycles. The van der Waals surface area contributed by atoms with E-state index >= 15 is 0 Å². The van der Waals surface area contributed by atoms with E-state index in [-0.39, 0.29) is 0 Å². The molecular weight excluding hydrogens is 216 g/mol. The molecule has 2 N–H and O–H groups in total. The lowest BCUT2D eigenvalue weighted by atomic mass is 9.93. The van der Waals surface area contributed by atoms with Crippen molar-refractivity contribution in [1.82, 2.24) is 4.98 Å². The molecule has 0 aliphatic carbocycles. The molecule has 92 valence electrons. The molecule has 0 aliphatic rings. The van der Waals surface area contributed by atoms with Crippen LogP contribution in [0.4, 0.5) is 0 Å². The Morgan fingerprint density at radius 1 is 1.31 bits per heavy atom. The van der Waals surface area contributed by atoms with Gasteiger partial charge in [0.25, 0.3) is 0 Å². The Labute approximate surface area is 103 Å². The molecule has 0 fully saturated rings. The first-order valence-corrected chi connectivity index (χ1v) is 6.81. The number of aromatic nitrogens is 1. The van der Waals surface area contributed by atoms with Crippen molar-refractivity contribution in [2.24, 2.45) is 17.1 Å². The zero-order valence-corrected chi connectivity index (χ0v) is 11.9. The van der Waals surface area contributed by atoms with Gasteiger partial charge in [-0.25, -0.2) is 4.98 Å². The Bertz CT molecular complexity index is 334. The lowest BCUT2D eigenvalue weighted by molar-refractivity contribution is 0.410. The molecule has 1 aromatic heterocycles. The van der Waals surface area contributed by atoms with E-state index in [4.69, 9.17) is 10.7 Å². The van der Waals surface area contributed by atoms with E-state index in [1.165, 1.54) is 15.6 Å². The molecule has 16 heavy (non-hydrogen) atoms. The van der Waals surface area contributed by atoms with Crippen LogP contribution < -0.4 is 5.73 Å². The second-order valence-electron chi connectivity index (χ2n) is 6.02. The average molecular weight is 240 g/mol. The van der Waals surface area contributed by atoms with Crippen molar-refractivity contribution in [3.8, 4) is 0 Å². The Morgan fingerprint density at radius 3 is 2.38 bits per heavy atom. The van der Waals surface area contributed by atoms with Gasteiger partial charge in [-0.15, -0.1) is 11.3 Å². The maximum absolute atomic E-state index is 5.77. The molecule has 0 amide bonds. The van der Waals surface area contributed by atoms with E-state index in [1.54, 1.807) is 11.3 Å². The van der Waals surface area contributed by atoms with E-state index < -0.39 is 0 Å². The number of hydrogen-bond acceptors (Lipinski definition) is 3. The zero-order chi connectivity index (χ0) is 12.3. The van der Waals surface area contributed by atoms with Crippen LogP contribution in [0.2, 0.25) is 0 Å². The second-order valence-corrected chi connectivity index (χ2v) is 7.19. The van der Waals surface area contributed by atoms with Gasteiger partial charge in [-0.05, 0) is 17.8 Å². The largest absolute Gasteiger partial charge is 0.326 e. The van der Waals surface area contributed by atoms with Gasteiger partial charge in [-0.3, -0.25) is 0 Å². The Morgan fingerprint density at radius 2 is 1.94 bits per heavy atom. The first-order valence-electron chi connectivity index (χ1n) is 5.99. The topological polar surface area (TPSA) is 38.9 Å². The highest BCUT2D eigenvalue weighted by Crippen LogP contribution is 2.27. The fraction of sp³-hybridized carbons (Fsp3) is 0.769. The Kier molecular flexibility index (Phi) is 4.51. The van der Waals surface area contributed by atoms with Crippen molar-refractivity contribution < 1.29 is 0 Å². The van der Waals surface area contributed by atoms with E-state index in [9.17, 15) is 0 Å². The number of hydrogen-bond donors (Lipinski definition) is 1. The molecule has 1 aromatic rings. The summed E-state index contributed by atoms with van der Waals surface area (Å²) in [5.41, 5.74) is 7.30. The number of rotatable bonds is 4. The van der Waals surface area contributed by atoms with E-state index in [0.29, 0.717) is 17.9 Å². The first kappa shape index (κ1) is 13.7. The molecular formula is C13H24N2S. The van der Waals surface area contributed by atoms with Crippen LogP contribution in [0.1, 0.15) is 50.2 Å². The lowest BCUT2D eigenvalue weighted by Crippen LogP contribution is -2.09. The van der Waals surface area contributed by atoms with E-state index in [0.717, 1.165) is 12.8 Å². The van der Waals surface area contributed by atoms with E-state index in [2.05, 4.69) is 34.6 Å². The van der Waals surface area contributed by atoms with Crippen molar-refractivity contribution in [3.63, 3.8) is 0 Å². The number of nitrogens with two attached hydrogens (primary N) is 1. The van der Waals surface area contributed by atoms with Gasteiger partial charge in [0.15, 0.2) is 0 Å². The van der Waals surface area contributed by atoms with Crippen molar-refractivity contribution in [2.75, 3.05) is 0 Å². The van der Waals surface area contributed by atoms with Crippen LogP contribution in [-0.2, 0) is 19.4 Å². The Hall–Kier alpha value is -0.410. The molecule has 0 spiro atoms.